The molecule has 2 heterocycles. The number of aromatic nitrogens is 2. The van der Waals surface area contributed by atoms with E-state index in [4.69, 9.17) is 9.65 Å². The molecule has 186 valence electrons. The van der Waals surface area contributed by atoms with Crippen molar-refractivity contribution in [1.82, 2.24) is 15.0 Å². The van der Waals surface area contributed by atoms with Crippen LogP contribution in [-0.2, 0) is 28.2 Å². The van der Waals surface area contributed by atoms with Crippen LogP contribution in [0.3, 0.4) is 0 Å². The first-order valence-electron chi connectivity index (χ1n) is 11.6. The SMILES string of the molecule is CCC1CC(C=O)N(Cc2ccc(NC(=O)c3ncccn3)cc2)N=C1c1ccc(CS(=O)O)cc1. The summed E-state index contributed by atoms with van der Waals surface area (Å²) in [5.74, 6) is -0.0877. The predicted molar refractivity (Wildman–Crippen MR) is 138 cm³/mol. The average molecular weight is 506 g/mol. The van der Waals surface area contributed by atoms with Crippen LogP contribution in [0.25, 0.3) is 0 Å². The van der Waals surface area contributed by atoms with Gasteiger partial charge in [-0.1, -0.05) is 43.3 Å². The number of rotatable bonds is 9. The monoisotopic (exact) mass is 505 g/mol. The van der Waals surface area contributed by atoms with Gasteiger partial charge >= 0.3 is 0 Å². The summed E-state index contributed by atoms with van der Waals surface area (Å²) in [5.41, 5.74) is 4.16. The zero-order valence-corrected chi connectivity index (χ0v) is 20.6. The summed E-state index contributed by atoms with van der Waals surface area (Å²) in [7, 11) is 0. The molecule has 0 fully saturated rings. The molecule has 9 nitrogen and oxygen atoms in total. The van der Waals surface area contributed by atoms with Gasteiger partial charge in [-0.3, -0.25) is 9.80 Å². The van der Waals surface area contributed by atoms with E-state index in [1.54, 1.807) is 23.2 Å². The summed E-state index contributed by atoms with van der Waals surface area (Å²) in [5, 5.41) is 9.45. The second-order valence-corrected chi connectivity index (χ2v) is 9.44. The number of amides is 1. The molecule has 3 aromatic rings. The Hall–Kier alpha value is -3.76. The topological polar surface area (TPSA) is 125 Å². The van der Waals surface area contributed by atoms with Crippen LogP contribution in [0.15, 0.2) is 72.1 Å². The molecule has 0 saturated carbocycles. The first kappa shape index (κ1) is 25.3. The Morgan fingerprint density at radius 1 is 1.11 bits per heavy atom. The van der Waals surface area contributed by atoms with Crippen molar-refractivity contribution in [1.29, 1.82) is 0 Å². The summed E-state index contributed by atoms with van der Waals surface area (Å²) in [6, 6.07) is 16.1. The summed E-state index contributed by atoms with van der Waals surface area (Å²) in [6.45, 7) is 2.51. The van der Waals surface area contributed by atoms with E-state index in [0.717, 1.165) is 35.1 Å². The number of nitrogens with zero attached hydrogens (tertiary/aromatic N) is 4. The van der Waals surface area contributed by atoms with E-state index in [9.17, 15) is 13.8 Å². The second-order valence-electron chi connectivity index (χ2n) is 8.51. The molecule has 0 spiro atoms. The van der Waals surface area contributed by atoms with Gasteiger partial charge in [0.1, 0.15) is 12.3 Å². The van der Waals surface area contributed by atoms with Crippen LogP contribution in [-0.4, -0.2) is 47.7 Å². The average Bonchev–Trinajstić information content (AvgIpc) is 2.90. The van der Waals surface area contributed by atoms with Crippen LogP contribution < -0.4 is 5.32 Å². The van der Waals surface area contributed by atoms with E-state index in [-0.39, 0.29) is 23.5 Å². The summed E-state index contributed by atoms with van der Waals surface area (Å²) in [4.78, 5) is 32.1. The van der Waals surface area contributed by atoms with Gasteiger partial charge in [-0.2, -0.15) is 5.10 Å². The third kappa shape index (κ3) is 6.27. The largest absolute Gasteiger partial charge is 0.319 e. The number of benzene rings is 2. The molecule has 3 unspecified atom stereocenters. The molecular formula is C26H27N5O4S. The number of carbonyl (C=O) groups excluding carboxylic acids is 2. The molecule has 1 aliphatic rings. The molecule has 0 radical (unpaired) electrons. The van der Waals surface area contributed by atoms with Crippen molar-refractivity contribution in [2.24, 2.45) is 11.0 Å². The van der Waals surface area contributed by atoms with E-state index in [2.05, 4.69) is 22.2 Å². The Balaban J connectivity index is 1.50. The molecule has 2 N–H and O–H groups in total. The summed E-state index contributed by atoms with van der Waals surface area (Å²) < 4.78 is 20.2. The van der Waals surface area contributed by atoms with Gasteiger partial charge in [0.25, 0.3) is 5.91 Å². The first-order chi connectivity index (χ1) is 17.5. The minimum Gasteiger partial charge on any atom is -0.319 e. The first-order valence-corrected chi connectivity index (χ1v) is 12.9. The highest BCUT2D eigenvalue weighted by Crippen LogP contribution is 2.28. The van der Waals surface area contributed by atoms with Gasteiger partial charge in [-0.25, -0.2) is 14.2 Å². The van der Waals surface area contributed by atoms with Crippen molar-refractivity contribution in [3.8, 4) is 0 Å². The molecule has 2 aromatic carbocycles. The molecule has 1 aliphatic heterocycles. The maximum Gasteiger partial charge on any atom is 0.293 e. The summed E-state index contributed by atoms with van der Waals surface area (Å²) in [6.07, 6.45) is 5.47. The molecule has 4 rings (SSSR count). The summed E-state index contributed by atoms with van der Waals surface area (Å²) >= 11 is -1.89. The fraction of sp³-hybridized carbons (Fsp3) is 0.269. The number of aldehydes is 1. The lowest BCUT2D eigenvalue weighted by molar-refractivity contribution is -0.113. The zero-order chi connectivity index (χ0) is 25.5. The van der Waals surface area contributed by atoms with E-state index in [1.807, 2.05) is 36.4 Å². The van der Waals surface area contributed by atoms with Gasteiger partial charge in [0.2, 0.25) is 5.82 Å². The van der Waals surface area contributed by atoms with Gasteiger partial charge < -0.3 is 14.7 Å². The fourth-order valence-electron chi connectivity index (χ4n) is 4.15. The van der Waals surface area contributed by atoms with Crippen molar-refractivity contribution in [2.75, 3.05) is 5.32 Å². The normalized spacial score (nSPS) is 18.3. The van der Waals surface area contributed by atoms with Gasteiger partial charge in [0.05, 0.1) is 18.0 Å². The minimum absolute atomic E-state index is 0.0815. The van der Waals surface area contributed by atoms with Gasteiger partial charge in [-0.05, 0) is 47.7 Å². The van der Waals surface area contributed by atoms with Crippen LogP contribution in [0.5, 0.6) is 0 Å². The minimum atomic E-state index is -1.89. The zero-order valence-electron chi connectivity index (χ0n) is 19.8. The lowest BCUT2D eigenvalue weighted by Gasteiger charge is -2.35. The third-order valence-electron chi connectivity index (χ3n) is 6.05. The lowest BCUT2D eigenvalue weighted by Crippen LogP contribution is -2.41. The highest BCUT2D eigenvalue weighted by molar-refractivity contribution is 7.78. The Morgan fingerprint density at radius 2 is 1.78 bits per heavy atom. The molecule has 0 saturated heterocycles. The molecule has 1 aromatic heterocycles. The molecule has 36 heavy (non-hydrogen) atoms. The standard InChI is InChI=1S/C26H27N5O4S/c1-2-20-14-23(16-32)31(30-24(20)21-8-4-19(5-9-21)17-36(34)35)15-18-6-10-22(11-7-18)29-26(33)25-27-12-3-13-28-25/h3-13,16,20,23H,2,14-15,17H2,1H3,(H,29,33)(H,34,35). The molecule has 10 heteroatoms. The maximum atomic E-state index is 12.3. The van der Waals surface area contributed by atoms with E-state index < -0.39 is 17.0 Å². The van der Waals surface area contributed by atoms with Crippen molar-refractivity contribution >= 4 is 34.7 Å². The Morgan fingerprint density at radius 3 is 2.39 bits per heavy atom. The van der Waals surface area contributed by atoms with E-state index in [0.29, 0.717) is 18.7 Å². The van der Waals surface area contributed by atoms with Gasteiger partial charge in [0, 0.05) is 24.0 Å². The van der Waals surface area contributed by atoms with Crippen LogP contribution in [0.1, 0.15) is 47.1 Å². The molecule has 3 atom stereocenters. The molecule has 1 amide bonds. The van der Waals surface area contributed by atoms with Crippen molar-refractivity contribution in [2.45, 2.75) is 38.1 Å². The third-order valence-corrected chi connectivity index (χ3v) is 6.63. The van der Waals surface area contributed by atoms with Crippen LogP contribution in [0.4, 0.5) is 5.69 Å². The van der Waals surface area contributed by atoms with Crippen molar-refractivity contribution in [3.05, 3.63) is 89.5 Å². The highest BCUT2D eigenvalue weighted by atomic mass is 32.2. The van der Waals surface area contributed by atoms with E-state index >= 15 is 0 Å². The fourth-order valence-corrected chi connectivity index (χ4v) is 4.63. The number of hydrazone groups is 1. The molecule has 0 bridgehead atoms. The predicted octanol–water partition coefficient (Wildman–Crippen LogP) is 3.65. The van der Waals surface area contributed by atoms with Crippen LogP contribution >= 0.6 is 0 Å². The highest BCUT2D eigenvalue weighted by Gasteiger charge is 2.30. The number of nitrogens with one attached hydrogen (secondary N) is 1. The van der Waals surface area contributed by atoms with Gasteiger partial charge in [-0.15, -0.1) is 0 Å². The Kier molecular flexibility index (Phi) is 8.29. The number of hydrogen-bond acceptors (Lipinski definition) is 7. The van der Waals surface area contributed by atoms with Crippen LogP contribution in [0, 0.1) is 5.92 Å². The molecule has 0 aliphatic carbocycles. The van der Waals surface area contributed by atoms with Crippen molar-refractivity contribution in [3.63, 3.8) is 0 Å². The van der Waals surface area contributed by atoms with Crippen LogP contribution in [0.2, 0.25) is 0 Å². The number of carbonyl (C=O) groups is 2. The number of anilines is 1. The maximum absolute atomic E-state index is 12.3. The number of hydrogen-bond donors (Lipinski definition) is 2. The van der Waals surface area contributed by atoms with Crippen molar-refractivity contribution < 1.29 is 18.4 Å². The lowest BCUT2D eigenvalue weighted by atomic mass is 9.87. The second kappa shape index (κ2) is 11.8. The smallest absolute Gasteiger partial charge is 0.293 e. The Bertz CT molecular complexity index is 1250. The van der Waals surface area contributed by atoms with Gasteiger partial charge in [0.15, 0.2) is 11.1 Å². The Labute approximate surface area is 212 Å². The molecular weight excluding hydrogens is 478 g/mol. The van der Waals surface area contributed by atoms with E-state index in [1.165, 1.54) is 12.4 Å². The quantitative estimate of drug-likeness (QED) is 0.336.